The van der Waals surface area contributed by atoms with Crippen molar-refractivity contribution in [3.8, 4) is 11.4 Å². The van der Waals surface area contributed by atoms with Gasteiger partial charge in [0.25, 0.3) is 11.5 Å². The number of fused-ring (bicyclic) bond motifs is 3. The molecule has 0 radical (unpaired) electrons. The lowest BCUT2D eigenvalue weighted by Crippen LogP contribution is -2.31. The molecule has 7 heteroatoms. The van der Waals surface area contributed by atoms with Gasteiger partial charge in [0.15, 0.2) is 5.69 Å². The normalized spacial score (nSPS) is 11.2. The van der Waals surface area contributed by atoms with Crippen molar-refractivity contribution in [3.63, 3.8) is 0 Å². The summed E-state index contributed by atoms with van der Waals surface area (Å²) < 4.78 is 8.38. The highest BCUT2D eigenvalue weighted by molar-refractivity contribution is 6.20. The number of ether oxygens (including phenoxy) is 1. The Labute approximate surface area is 196 Å². The second-order valence-electron chi connectivity index (χ2n) is 8.26. The minimum absolute atomic E-state index is 0.213. The van der Waals surface area contributed by atoms with Crippen molar-refractivity contribution >= 4 is 33.4 Å². The molecule has 3 aromatic carbocycles. The highest BCUT2D eigenvalue weighted by Crippen LogP contribution is 2.30. The Morgan fingerprint density at radius 1 is 0.971 bits per heavy atom. The number of carbonyl (C=O) groups is 1. The van der Waals surface area contributed by atoms with Crippen LogP contribution in [0.3, 0.4) is 0 Å². The number of rotatable bonds is 4. The first-order valence-corrected chi connectivity index (χ1v) is 10.9. The average molecular weight is 453 g/mol. The van der Waals surface area contributed by atoms with E-state index < -0.39 is 0 Å². The number of amides is 1. The lowest BCUT2D eigenvalue weighted by molar-refractivity contribution is 0.0988. The van der Waals surface area contributed by atoms with Crippen molar-refractivity contribution in [1.82, 2.24) is 14.3 Å². The Hall–Kier alpha value is -4.39. The molecule has 1 amide bonds. The zero-order valence-electron chi connectivity index (χ0n) is 19.4. The van der Waals surface area contributed by atoms with Crippen molar-refractivity contribution < 1.29 is 9.53 Å². The summed E-state index contributed by atoms with van der Waals surface area (Å²) in [5.74, 6) is 0.388. The molecule has 0 unspecified atom stereocenters. The standard InChI is InChI=1S/C27H24N4O3/c1-17-9-11-19(12-10-17)31-27(33)25-23(21-7-5-6-8-22(21)30(25)3)24(28-31)26(32)29(2)18-13-15-20(34-4)16-14-18/h5-16H,1-4H3. The minimum atomic E-state index is -0.313. The molecule has 0 fully saturated rings. The molecular weight excluding hydrogens is 428 g/mol. The first-order chi connectivity index (χ1) is 16.4. The van der Waals surface area contributed by atoms with Gasteiger partial charge in [-0.2, -0.15) is 9.78 Å². The lowest BCUT2D eigenvalue weighted by atomic mass is 10.1. The second-order valence-corrected chi connectivity index (χ2v) is 8.26. The van der Waals surface area contributed by atoms with Crippen LogP contribution in [0.1, 0.15) is 16.1 Å². The van der Waals surface area contributed by atoms with Gasteiger partial charge in [0.2, 0.25) is 0 Å². The van der Waals surface area contributed by atoms with Gasteiger partial charge in [0.1, 0.15) is 11.3 Å². The van der Waals surface area contributed by atoms with E-state index in [0.29, 0.717) is 28.0 Å². The summed E-state index contributed by atoms with van der Waals surface area (Å²) in [5.41, 5.74) is 3.59. The van der Waals surface area contributed by atoms with E-state index in [1.54, 1.807) is 26.3 Å². The number of aromatic nitrogens is 3. The molecule has 5 aromatic rings. The minimum Gasteiger partial charge on any atom is -0.497 e. The summed E-state index contributed by atoms with van der Waals surface area (Å²) in [7, 11) is 5.14. The molecule has 0 N–H and O–H groups in total. The maximum atomic E-state index is 13.8. The molecule has 0 aliphatic carbocycles. The highest BCUT2D eigenvalue weighted by Gasteiger charge is 2.26. The van der Waals surface area contributed by atoms with Crippen LogP contribution in [0.15, 0.2) is 77.6 Å². The largest absolute Gasteiger partial charge is 0.497 e. The van der Waals surface area contributed by atoms with E-state index in [1.807, 2.05) is 79.2 Å². The molecule has 0 saturated carbocycles. The van der Waals surface area contributed by atoms with Crippen LogP contribution in [0, 0.1) is 6.92 Å². The van der Waals surface area contributed by atoms with E-state index in [4.69, 9.17) is 4.74 Å². The van der Waals surface area contributed by atoms with Crippen molar-refractivity contribution in [2.75, 3.05) is 19.1 Å². The molecule has 170 valence electrons. The Kier molecular flexibility index (Phi) is 5.17. The fourth-order valence-electron chi connectivity index (χ4n) is 4.27. The van der Waals surface area contributed by atoms with Gasteiger partial charge in [-0.05, 0) is 49.4 Å². The monoisotopic (exact) mass is 452 g/mol. The van der Waals surface area contributed by atoms with Crippen molar-refractivity contribution in [2.24, 2.45) is 7.05 Å². The number of carbonyl (C=O) groups excluding carboxylic acids is 1. The molecule has 2 aromatic heterocycles. The van der Waals surface area contributed by atoms with Crippen molar-refractivity contribution in [3.05, 3.63) is 94.4 Å². The fourth-order valence-corrected chi connectivity index (χ4v) is 4.27. The Morgan fingerprint density at radius 2 is 1.65 bits per heavy atom. The summed E-state index contributed by atoms with van der Waals surface area (Å²) in [6.45, 7) is 1.98. The van der Waals surface area contributed by atoms with Crippen LogP contribution in [0.5, 0.6) is 5.75 Å². The third-order valence-corrected chi connectivity index (χ3v) is 6.18. The van der Waals surface area contributed by atoms with Gasteiger partial charge in [-0.1, -0.05) is 35.9 Å². The van der Waals surface area contributed by atoms with E-state index in [2.05, 4.69) is 5.10 Å². The fraction of sp³-hybridized carbons (Fsp3) is 0.148. The van der Waals surface area contributed by atoms with Crippen LogP contribution in [0.25, 0.3) is 27.5 Å². The first-order valence-electron chi connectivity index (χ1n) is 10.9. The molecule has 0 atom stereocenters. The second kappa shape index (κ2) is 8.19. The van der Waals surface area contributed by atoms with Gasteiger partial charge < -0.3 is 14.2 Å². The molecule has 0 aliphatic rings. The van der Waals surface area contributed by atoms with Crippen LogP contribution in [0.2, 0.25) is 0 Å². The summed E-state index contributed by atoms with van der Waals surface area (Å²) in [5, 5.41) is 5.98. The highest BCUT2D eigenvalue weighted by atomic mass is 16.5. The third kappa shape index (κ3) is 3.33. The summed E-state index contributed by atoms with van der Waals surface area (Å²) in [4.78, 5) is 29.0. The maximum absolute atomic E-state index is 13.8. The van der Waals surface area contributed by atoms with Crippen LogP contribution in [0.4, 0.5) is 5.69 Å². The van der Waals surface area contributed by atoms with Gasteiger partial charge in [-0.25, -0.2) is 0 Å². The number of hydrogen-bond acceptors (Lipinski definition) is 4. The average Bonchev–Trinajstić information content (AvgIpc) is 3.17. The molecule has 7 nitrogen and oxygen atoms in total. The van der Waals surface area contributed by atoms with E-state index in [0.717, 1.165) is 16.5 Å². The van der Waals surface area contributed by atoms with Gasteiger partial charge in [-0.15, -0.1) is 0 Å². The molecule has 0 saturated heterocycles. The summed E-state index contributed by atoms with van der Waals surface area (Å²) in [6, 6.07) is 22.4. The number of aryl methyl sites for hydroxylation is 2. The van der Waals surface area contributed by atoms with Crippen LogP contribution in [-0.4, -0.2) is 34.4 Å². The Balaban J connectivity index is 1.79. The lowest BCUT2D eigenvalue weighted by Gasteiger charge is -2.18. The van der Waals surface area contributed by atoms with E-state index in [-0.39, 0.29) is 17.2 Å². The maximum Gasteiger partial charge on any atom is 0.296 e. The summed E-state index contributed by atoms with van der Waals surface area (Å²) in [6.07, 6.45) is 0. The number of nitrogens with zero attached hydrogens (tertiary/aromatic N) is 4. The molecular formula is C27H24N4O3. The molecule has 5 rings (SSSR count). The molecule has 2 heterocycles. The zero-order valence-corrected chi connectivity index (χ0v) is 19.4. The predicted octanol–water partition coefficient (Wildman–Crippen LogP) is 4.47. The van der Waals surface area contributed by atoms with Gasteiger partial charge in [0, 0.05) is 36.1 Å². The number of methoxy groups -OCH3 is 1. The van der Waals surface area contributed by atoms with Gasteiger partial charge in [0.05, 0.1) is 12.8 Å². The molecule has 0 bridgehead atoms. The van der Waals surface area contributed by atoms with E-state index in [1.165, 1.54) is 9.58 Å². The van der Waals surface area contributed by atoms with E-state index in [9.17, 15) is 9.59 Å². The van der Waals surface area contributed by atoms with Gasteiger partial charge in [-0.3, -0.25) is 9.59 Å². The van der Waals surface area contributed by atoms with Crippen molar-refractivity contribution in [1.29, 1.82) is 0 Å². The Morgan fingerprint density at radius 3 is 2.32 bits per heavy atom. The number of para-hydroxylation sites is 1. The number of anilines is 1. The van der Waals surface area contributed by atoms with Gasteiger partial charge >= 0.3 is 0 Å². The Bertz CT molecular complexity index is 1600. The topological polar surface area (TPSA) is 69.4 Å². The van der Waals surface area contributed by atoms with Crippen LogP contribution >= 0.6 is 0 Å². The van der Waals surface area contributed by atoms with Crippen LogP contribution in [-0.2, 0) is 7.05 Å². The number of hydrogen-bond donors (Lipinski definition) is 0. The summed E-state index contributed by atoms with van der Waals surface area (Å²) >= 11 is 0. The van der Waals surface area contributed by atoms with E-state index >= 15 is 0 Å². The van der Waals surface area contributed by atoms with Crippen LogP contribution < -0.4 is 15.2 Å². The molecule has 0 spiro atoms. The predicted molar refractivity (Wildman–Crippen MR) is 134 cm³/mol. The third-order valence-electron chi connectivity index (χ3n) is 6.18. The first kappa shape index (κ1) is 21.5. The van der Waals surface area contributed by atoms with Crippen molar-refractivity contribution in [2.45, 2.75) is 6.92 Å². The quantitative estimate of drug-likeness (QED) is 0.403. The molecule has 34 heavy (non-hydrogen) atoms. The zero-order chi connectivity index (χ0) is 24.0. The molecule has 0 aliphatic heterocycles. The SMILES string of the molecule is COc1ccc(N(C)C(=O)c2nn(-c3ccc(C)cc3)c(=O)c3c2c2ccccc2n3C)cc1. The number of benzene rings is 3. The smallest absolute Gasteiger partial charge is 0.296 e.